The van der Waals surface area contributed by atoms with Crippen LogP contribution in [0.5, 0.6) is 0 Å². The Kier molecular flexibility index (Phi) is 8.87. The minimum absolute atomic E-state index is 0.00850. The zero-order valence-electron chi connectivity index (χ0n) is 20.6. The Balaban J connectivity index is 1.80. The zero-order chi connectivity index (χ0) is 29.2. The highest BCUT2D eigenvalue weighted by atomic mass is 35.5. The number of nitrogens with zero attached hydrogens (tertiary/aromatic N) is 1. The number of carbonyl (C=O) groups excluding carboxylic acids is 2. The van der Waals surface area contributed by atoms with Gasteiger partial charge in [-0.05, 0) is 47.7 Å². The monoisotopic (exact) mass is 625 g/mol. The van der Waals surface area contributed by atoms with Gasteiger partial charge in [0.1, 0.15) is 0 Å². The van der Waals surface area contributed by atoms with Crippen LogP contribution in [0.1, 0.15) is 26.7 Å². The highest BCUT2D eigenvalue weighted by molar-refractivity contribution is 8.03. The Bertz CT molecular complexity index is 1520. The normalized spacial score (nSPS) is 20.9. The van der Waals surface area contributed by atoms with Crippen LogP contribution >= 0.6 is 46.3 Å². The number of thiophene rings is 1. The second-order valence-corrected chi connectivity index (χ2v) is 11.6. The van der Waals surface area contributed by atoms with Gasteiger partial charge in [0.2, 0.25) is 11.6 Å². The van der Waals surface area contributed by atoms with Gasteiger partial charge < -0.3 is 15.7 Å². The summed E-state index contributed by atoms with van der Waals surface area (Å²) in [5.41, 5.74) is -3.01. The van der Waals surface area contributed by atoms with E-state index >= 15 is 0 Å². The van der Waals surface area contributed by atoms with Crippen molar-refractivity contribution in [3.05, 3.63) is 96.6 Å². The van der Waals surface area contributed by atoms with Crippen molar-refractivity contribution in [2.45, 2.75) is 24.7 Å². The number of ketones is 1. The van der Waals surface area contributed by atoms with E-state index in [4.69, 9.17) is 23.2 Å². The first kappa shape index (κ1) is 30.0. The first-order valence-corrected chi connectivity index (χ1v) is 14.2. The molecule has 0 fully saturated rings. The molecule has 1 aliphatic heterocycles. The van der Waals surface area contributed by atoms with Crippen molar-refractivity contribution < 1.29 is 27.9 Å². The van der Waals surface area contributed by atoms with E-state index in [-0.39, 0.29) is 21.0 Å². The van der Waals surface area contributed by atoms with Gasteiger partial charge in [-0.15, -0.1) is 11.3 Å². The summed E-state index contributed by atoms with van der Waals surface area (Å²) in [6.07, 6.45) is -5.36. The number of hydrogen-bond donors (Lipinski definition) is 3. The van der Waals surface area contributed by atoms with E-state index in [1.807, 2.05) is 11.4 Å². The molecule has 0 aliphatic carbocycles. The van der Waals surface area contributed by atoms with Crippen molar-refractivity contribution in [1.29, 1.82) is 5.26 Å². The predicted octanol–water partition coefficient (Wildman–Crippen LogP) is 6.91. The summed E-state index contributed by atoms with van der Waals surface area (Å²) in [6, 6.07) is 15.5. The number of halogens is 5. The van der Waals surface area contributed by atoms with Crippen LogP contribution in [0.25, 0.3) is 0 Å². The maximum atomic E-state index is 14.6. The van der Waals surface area contributed by atoms with Gasteiger partial charge in [-0.1, -0.05) is 65.3 Å². The number of carbonyl (C=O) groups is 2. The average molecular weight is 627 g/mol. The van der Waals surface area contributed by atoms with E-state index in [2.05, 4.69) is 5.32 Å². The fourth-order valence-electron chi connectivity index (χ4n) is 4.39. The van der Waals surface area contributed by atoms with Crippen molar-refractivity contribution >= 4 is 63.7 Å². The quantitative estimate of drug-likeness (QED) is 0.247. The number of benzene rings is 2. The lowest BCUT2D eigenvalue weighted by Crippen LogP contribution is -2.66. The summed E-state index contributed by atoms with van der Waals surface area (Å²) >= 11 is 14.0. The Hall–Kier alpha value is -3.01. The molecule has 1 amide bonds. The largest absolute Gasteiger partial charge is 0.437 e. The van der Waals surface area contributed by atoms with Gasteiger partial charge in [0.05, 0.1) is 33.2 Å². The Morgan fingerprint density at radius 3 is 2.48 bits per heavy atom. The maximum Gasteiger partial charge on any atom is 0.437 e. The molecule has 0 radical (unpaired) electrons. The van der Waals surface area contributed by atoms with Crippen LogP contribution in [0.15, 0.2) is 70.6 Å². The highest BCUT2D eigenvalue weighted by Crippen LogP contribution is 2.52. The number of anilines is 1. The fourth-order valence-corrected chi connectivity index (χ4v) is 6.43. The van der Waals surface area contributed by atoms with Gasteiger partial charge in [-0.2, -0.15) is 18.4 Å². The van der Waals surface area contributed by atoms with E-state index in [0.717, 1.165) is 11.3 Å². The Morgan fingerprint density at radius 2 is 1.85 bits per heavy atom. The number of allylic oxidation sites excluding steroid dienone is 1. The van der Waals surface area contributed by atoms with Gasteiger partial charge in [-0.25, -0.2) is 0 Å². The molecule has 0 saturated heterocycles. The van der Waals surface area contributed by atoms with E-state index < -0.39 is 46.2 Å². The Morgan fingerprint density at radius 1 is 1.15 bits per heavy atom. The molecule has 0 spiro atoms. The number of alkyl halides is 3. The lowest BCUT2D eigenvalue weighted by Gasteiger charge is -2.45. The first-order chi connectivity index (χ1) is 18.9. The summed E-state index contributed by atoms with van der Waals surface area (Å²) in [4.78, 5) is 26.3. The number of Topliss-reactive ketones (excluding diaryl/α,β-unsaturated/α-hetero) is 1. The smallest absolute Gasteiger partial charge is 0.363 e. The van der Waals surface area contributed by atoms with Crippen LogP contribution < -0.4 is 10.6 Å². The number of amides is 1. The molecule has 3 atom stereocenters. The number of nitriles is 1. The molecule has 13 heteroatoms. The zero-order valence-corrected chi connectivity index (χ0v) is 23.7. The molecule has 3 aromatic rings. The van der Waals surface area contributed by atoms with Crippen LogP contribution in [0.4, 0.5) is 18.9 Å². The van der Waals surface area contributed by atoms with Crippen LogP contribution in [0.3, 0.4) is 0 Å². The maximum absolute atomic E-state index is 14.6. The van der Waals surface area contributed by atoms with Crippen molar-refractivity contribution in [3.63, 3.8) is 0 Å². The lowest BCUT2D eigenvalue weighted by molar-refractivity contribution is -0.285. The third-order valence-electron chi connectivity index (χ3n) is 6.37. The standard InChI is InChI=1S/C27H20Cl2F3N3O3S2/c1-14-17(28)8-4-9-19(14)34-21(36)13-40-25-16(12-33)22(15-6-2-3-7-18(15)29)23(24(37)20-10-5-11-39-20)26(38,35-25)27(30,31)32/h2-11,22-23,35,38H,13H2,1H3,(H,34,36)/t22-,23+,26+/m0/s1. The van der Waals surface area contributed by atoms with Crippen LogP contribution in [0.2, 0.25) is 10.0 Å². The predicted molar refractivity (Wildman–Crippen MR) is 150 cm³/mol. The van der Waals surface area contributed by atoms with E-state index in [9.17, 15) is 33.1 Å². The van der Waals surface area contributed by atoms with Crippen molar-refractivity contribution in [2.75, 3.05) is 11.1 Å². The SMILES string of the molecule is Cc1c(Cl)cccc1NC(=O)CSC1=C(C#N)[C@H](c2ccccc2Cl)[C@H](C(=O)c2cccs2)[C@@](O)(C(F)(F)F)N1. The second-order valence-electron chi connectivity index (χ2n) is 8.81. The molecule has 0 unspecified atom stereocenters. The molecular formula is C27H20Cl2F3N3O3S2. The van der Waals surface area contributed by atoms with Crippen LogP contribution in [0, 0.1) is 24.2 Å². The fraction of sp³-hybridized carbons (Fsp3) is 0.222. The highest BCUT2D eigenvalue weighted by Gasteiger charge is 2.66. The number of aliphatic hydroxyl groups is 1. The third kappa shape index (κ3) is 5.73. The molecule has 2 aromatic carbocycles. The summed E-state index contributed by atoms with van der Waals surface area (Å²) in [5.74, 6) is -5.82. The van der Waals surface area contributed by atoms with Crippen molar-refractivity contribution in [3.8, 4) is 6.07 Å². The lowest BCUT2D eigenvalue weighted by atomic mass is 9.70. The summed E-state index contributed by atoms with van der Waals surface area (Å²) in [5, 5.41) is 27.6. The van der Waals surface area contributed by atoms with Gasteiger partial charge in [-0.3, -0.25) is 9.59 Å². The van der Waals surface area contributed by atoms with Gasteiger partial charge in [0.15, 0.2) is 5.78 Å². The summed E-state index contributed by atoms with van der Waals surface area (Å²) in [6.45, 7) is 1.69. The van der Waals surface area contributed by atoms with E-state index in [0.29, 0.717) is 28.0 Å². The first-order valence-electron chi connectivity index (χ1n) is 11.6. The molecule has 0 saturated carbocycles. The number of thioether (sulfide) groups is 1. The number of rotatable bonds is 7. The number of nitrogens with one attached hydrogen (secondary N) is 2. The summed E-state index contributed by atoms with van der Waals surface area (Å²) < 4.78 is 43.9. The minimum atomic E-state index is -5.36. The Labute approximate surface area is 245 Å². The molecule has 6 nitrogen and oxygen atoms in total. The van der Waals surface area contributed by atoms with Crippen molar-refractivity contribution in [1.82, 2.24) is 5.32 Å². The average Bonchev–Trinajstić information content (AvgIpc) is 3.44. The van der Waals surface area contributed by atoms with Crippen molar-refractivity contribution in [2.24, 2.45) is 5.92 Å². The van der Waals surface area contributed by atoms with Gasteiger partial charge in [0.25, 0.3) is 0 Å². The molecule has 1 aliphatic rings. The molecule has 2 heterocycles. The molecule has 4 rings (SSSR count). The third-order valence-corrected chi connectivity index (χ3v) is 9.03. The van der Waals surface area contributed by atoms with Gasteiger partial charge in [0, 0.05) is 21.7 Å². The minimum Gasteiger partial charge on any atom is -0.363 e. The molecule has 40 heavy (non-hydrogen) atoms. The van der Waals surface area contributed by atoms with Crippen LogP contribution in [-0.2, 0) is 4.79 Å². The van der Waals surface area contributed by atoms with E-state index in [1.165, 1.54) is 35.7 Å². The molecule has 208 valence electrons. The van der Waals surface area contributed by atoms with Gasteiger partial charge >= 0.3 is 6.18 Å². The second kappa shape index (κ2) is 11.8. The molecular weight excluding hydrogens is 606 g/mol. The summed E-state index contributed by atoms with van der Waals surface area (Å²) in [7, 11) is 0. The topological polar surface area (TPSA) is 102 Å². The van der Waals surface area contributed by atoms with E-state index in [1.54, 1.807) is 31.2 Å². The molecule has 1 aromatic heterocycles. The molecule has 0 bridgehead atoms. The molecule has 3 N–H and O–H groups in total. The van der Waals surface area contributed by atoms with Crippen LogP contribution in [-0.4, -0.2) is 34.5 Å². The number of hydrogen-bond acceptors (Lipinski definition) is 7.